The first-order valence-corrected chi connectivity index (χ1v) is 5.65. The van der Waals surface area contributed by atoms with Gasteiger partial charge in [-0.05, 0) is 11.8 Å². The summed E-state index contributed by atoms with van der Waals surface area (Å²) >= 11 is 0. The molecule has 0 fully saturated rings. The van der Waals surface area contributed by atoms with Gasteiger partial charge in [0.2, 0.25) is 0 Å². The number of nitrogens with one attached hydrogen (secondary N) is 2. The predicted molar refractivity (Wildman–Crippen MR) is 62.3 cm³/mol. The van der Waals surface area contributed by atoms with Crippen molar-refractivity contribution in [3.8, 4) is 0 Å². The summed E-state index contributed by atoms with van der Waals surface area (Å²) in [5.74, 6) is -0.728. The Morgan fingerprint density at radius 1 is 1.25 bits per heavy atom. The molecule has 0 aromatic heterocycles. The molecule has 2 atom stereocenters. The van der Waals surface area contributed by atoms with Crippen molar-refractivity contribution in [2.45, 2.75) is 40.2 Å². The van der Waals surface area contributed by atoms with Gasteiger partial charge >= 0.3 is 12.0 Å². The van der Waals surface area contributed by atoms with E-state index in [1.807, 2.05) is 27.7 Å². The lowest BCUT2D eigenvalue weighted by Gasteiger charge is -2.20. The van der Waals surface area contributed by atoms with E-state index in [4.69, 9.17) is 5.11 Å². The Labute approximate surface area is 96.6 Å². The van der Waals surface area contributed by atoms with Crippen LogP contribution in [-0.4, -0.2) is 29.7 Å². The van der Waals surface area contributed by atoms with Gasteiger partial charge in [0.1, 0.15) is 6.04 Å². The van der Waals surface area contributed by atoms with Crippen LogP contribution >= 0.6 is 0 Å². The molecule has 0 saturated carbocycles. The molecule has 0 radical (unpaired) electrons. The number of hydrogen-bond donors (Lipinski definition) is 3. The van der Waals surface area contributed by atoms with Gasteiger partial charge in [0, 0.05) is 6.54 Å². The van der Waals surface area contributed by atoms with E-state index >= 15 is 0 Å². The number of carboxylic acid groups (broad SMARTS) is 1. The van der Waals surface area contributed by atoms with Crippen LogP contribution in [0.3, 0.4) is 0 Å². The number of amides is 2. The molecule has 0 heterocycles. The van der Waals surface area contributed by atoms with E-state index in [2.05, 4.69) is 10.6 Å². The Hall–Kier alpha value is -1.26. The van der Waals surface area contributed by atoms with E-state index < -0.39 is 18.0 Å². The van der Waals surface area contributed by atoms with Crippen LogP contribution in [0, 0.1) is 11.8 Å². The summed E-state index contributed by atoms with van der Waals surface area (Å²) in [6.45, 7) is 8.20. The molecule has 0 spiro atoms. The topological polar surface area (TPSA) is 78.4 Å². The van der Waals surface area contributed by atoms with E-state index in [1.165, 1.54) is 0 Å². The molecule has 0 aromatic rings. The Kier molecular flexibility index (Phi) is 6.53. The lowest BCUT2D eigenvalue weighted by atomic mass is 9.99. The minimum atomic E-state index is -0.992. The van der Waals surface area contributed by atoms with Crippen molar-refractivity contribution in [2.24, 2.45) is 11.8 Å². The highest BCUT2D eigenvalue weighted by Crippen LogP contribution is 2.07. The first-order valence-electron chi connectivity index (χ1n) is 5.65. The van der Waals surface area contributed by atoms with Crippen LogP contribution in [0.2, 0.25) is 0 Å². The molecule has 0 aliphatic rings. The fraction of sp³-hybridized carbons (Fsp3) is 0.818. The van der Waals surface area contributed by atoms with Gasteiger partial charge in [0.25, 0.3) is 0 Å². The van der Waals surface area contributed by atoms with E-state index in [1.54, 1.807) is 0 Å². The van der Waals surface area contributed by atoms with Crippen LogP contribution in [0.4, 0.5) is 4.79 Å². The largest absolute Gasteiger partial charge is 0.480 e. The van der Waals surface area contributed by atoms with Crippen molar-refractivity contribution in [1.29, 1.82) is 0 Å². The minimum Gasteiger partial charge on any atom is -0.480 e. The summed E-state index contributed by atoms with van der Waals surface area (Å²) in [5.41, 5.74) is 0. The van der Waals surface area contributed by atoms with Crippen molar-refractivity contribution in [3.05, 3.63) is 0 Å². The monoisotopic (exact) mass is 230 g/mol. The third kappa shape index (κ3) is 5.58. The molecule has 5 nitrogen and oxygen atoms in total. The molecule has 16 heavy (non-hydrogen) atoms. The Morgan fingerprint density at radius 2 is 1.81 bits per heavy atom. The van der Waals surface area contributed by atoms with Crippen LogP contribution in [0.5, 0.6) is 0 Å². The summed E-state index contributed by atoms with van der Waals surface area (Å²) in [6.07, 6.45) is 0.710. The van der Waals surface area contributed by atoms with Crippen molar-refractivity contribution >= 4 is 12.0 Å². The van der Waals surface area contributed by atoms with Gasteiger partial charge < -0.3 is 15.7 Å². The summed E-state index contributed by atoms with van der Waals surface area (Å²) in [4.78, 5) is 22.3. The number of rotatable bonds is 6. The van der Waals surface area contributed by atoms with Crippen LogP contribution < -0.4 is 10.6 Å². The summed E-state index contributed by atoms with van der Waals surface area (Å²) < 4.78 is 0. The normalized spacial score (nSPS) is 14.3. The van der Waals surface area contributed by atoms with Crippen molar-refractivity contribution in [1.82, 2.24) is 10.6 Å². The number of hydrogen-bond acceptors (Lipinski definition) is 2. The third-order valence-corrected chi connectivity index (χ3v) is 2.44. The lowest BCUT2D eigenvalue weighted by molar-refractivity contribution is -0.140. The van der Waals surface area contributed by atoms with Crippen molar-refractivity contribution in [2.75, 3.05) is 6.54 Å². The molecular formula is C11H22N2O3. The summed E-state index contributed by atoms with van der Waals surface area (Å²) in [7, 11) is 0. The maximum absolute atomic E-state index is 11.4. The zero-order valence-corrected chi connectivity index (χ0v) is 10.4. The van der Waals surface area contributed by atoms with E-state index in [-0.39, 0.29) is 5.92 Å². The highest BCUT2D eigenvalue weighted by Gasteiger charge is 2.24. The van der Waals surface area contributed by atoms with Gasteiger partial charge in [0.05, 0.1) is 0 Å². The fourth-order valence-corrected chi connectivity index (χ4v) is 1.17. The van der Waals surface area contributed by atoms with Crippen molar-refractivity contribution < 1.29 is 14.7 Å². The smallest absolute Gasteiger partial charge is 0.326 e. The lowest BCUT2D eigenvalue weighted by Crippen LogP contribution is -2.49. The molecule has 0 bridgehead atoms. The second-order valence-electron chi connectivity index (χ2n) is 4.45. The average Bonchev–Trinajstić information content (AvgIpc) is 2.21. The average molecular weight is 230 g/mol. The molecule has 2 amide bonds. The maximum atomic E-state index is 11.4. The predicted octanol–water partition coefficient (Wildman–Crippen LogP) is 1.44. The molecule has 94 valence electrons. The second kappa shape index (κ2) is 7.09. The van der Waals surface area contributed by atoms with Crippen molar-refractivity contribution in [3.63, 3.8) is 0 Å². The summed E-state index contributed by atoms with van der Waals surface area (Å²) in [6, 6.07) is -1.24. The van der Waals surface area contributed by atoms with Gasteiger partial charge in [-0.3, -0.25) is 0 Å². The van der Waals surface area contributed by atoms with Gasteiger partial charge in [-0.1, -0.05) is 34.1 Å². The van der Waals surface area contributed by atoms with Crippen LogP contribution in [0.25, 0.3) is 0 Å². The van der Waals surface area contributed by atoms with Gasteiger partial charge in [-0.15, -0.1) is 0 Å². The Balaban J connectivity index is 4.19. The van der Waals surface area contributed by atoms with Gasteiger partial charge in [-0.2, -0.15) is 0 Å². The van der Waals surface area contributed by atoms with E-state index in [9.17, 15) is 9.59 Å². The molecule has 0 unspecified atom stereocenters. The number of carbonyl (C=O) groups is 2. The zero-order valence-electron chi connectivity index (χ0n) is 10.4. The summed E-state index contributed by atoms with van der Waals surface area (Å²) in [5, 5.41) is 14.1. The maximum Gasteiger partial charge on any atom is 0.326 e. The highest BCUT2D eigenvalue weighted by atomic mass is 16.4. The van der Waals surface area contributed by atoms with Crippen LogP contribution in [0.1, 0.15) is 34.1 Å². The van der Waals surface area contributed by atoms with E-state index in [0.717, 1.165) is 0 Å². The van der Waals surface area contributed by atoms with Gasteiger partial charge in [0.15, 0.2) is 0 Å². The van der Waals surface area contributed by atoms with E-state index in [0.29, 0.717) is 18.9 Å². The SMILES string of the molecule is CC[C@@H](C)[C@H](NC(=O)NCC(C)C)C(=O)O. The molecule has 0 aliphatic heterocycles. The number of aliphatic carboxylic acids is 1. The molecule has 0 saturated heterocycles. The first kappa shape index (κ1) is 14.7. The Bertz CT molecular complexity index is 241. The number of urea groups is 1. The number of carbonyl (C=O) groups excluding carboxylic acids is 1. The fourth-order valence-electron chi connectivity index (χ4n) is 1.17. The molecular weight excluding hydrogens is 208 g/mol. The second-order valence-corrected chi connectivity index (χ2v) is 4.45. The van der Waals surface area contributed by atoms with Gasteiger partial charge in [-0.25, -0.2) is 9.59 Å². The Morgan fingerprint density at radius 3 is 2.19 bits per heavy atom. The first-order chi connectivity index (χ1) is 7.38. The molecule has 0 aliphatic carbocycles. The number of carboxylic acids is 1. The quantitative estimate of drug-likeness (QED) is 0.646. The molecule has 5 heteroatoms. The van der Waals surface area contributed by atoms with Crippen LogP contribution in [-0.2, 0) is 4.79 Å². The standard InChI is InChI=1S/C11H22N2O3/c1-5-8(4)9(10(14)15)13-11(16)12-6-7(2)3/h7-9H,5-6H2,1-4H3,(H,14,15)(H2,12,13,16)/t8-,9+/m1/s1. The molecule has 3 N–H and O–H groups in total. The minimum absolute atomic E-state index is 0.0812. The third-order valence-electron chi connectivity index (χ3n) is 2.44. The molecule has 0 aromatic carbocycles. The highest BCUT2D eigenvalue weighted by molar-refractivity contribution is 5.82. The molecule has 0 rings (SSSR count). The van der Waals surface area contributed by atoms with Crippen LogP contribution in [0.15, 0.2) is 0 Å². The zero-order chi connectivity index (χ0) is 12.7.